The van der Waals surface area contributed by atoms with Gasteiger partial charge in [0.1, 0.15) is 5.75 Å². The molecule has 0 saturated heterocycles. The van der Waals surface area contributed by atoms with Gasteiger partial charge in [0.05, 0.1) is 7.11 Å². The van der Waals surface area contributed by atoms with Gasteiger partial charge in [-0.25, -0.2) is 0 Å². The summed E-state index contributed by atoms with van der Waals surface area (Å²) in [7, 11) is 1.68. The second kappa shape index (κ2) is 4.50. The van der Waals surface area contributed by atoms with Crippen LogP contribution < -0.4 is 10.5 Å². The van der Waals surface area contributed by atoms with E-state index in [1.807, 2.05) is 19.1 Å². The molecule has 0 aromatic heterocycles. The first-order chi connectivity index (χ1) is 8.13. The topological polar surface area (TPSA) is 35.2 Å². The van der Waals surface area contributed by atoms with Crippen molar-refractivity contribution in [3.05, 3.63) is 47.5 Å². The predicted octanol–water partition coefficient (Wildman–Crippen LogP) is 3.56. The number of aryl methyl sites for hydroxylation is 1. The summed E-state index contributed by atoms with van der Waals surface area (Å²) >= 11 is 0. The number of nitrogens with two attached hydrogens (primary N) is 1. The maximum atomic E-state index is 6.06. The SMILES string of the molecule is COc1ccc(N)c(-c2ccc(C)cc2)c1C. The Morgan fingerprint density at radius 1 is 0.941 bits per heavy atom. The largest absolute Gasteiger partial charge is 0.496 e. The summed E-state index contributed by atoms with van der Waals surface area (Å²) in [5.41, 5.74) is 11.4. The summed E-state index contributed by atoms with van der Waals surface area (Å²) in [4.78, 5) is 0. The van der Waals surface area contributed by atoms with Crippen LogP contribution in [0.2, 0.25) is 0 Å². The molecule has 0 spiro atoms. The number of benzene rings is 2. The van der Waals surface area contributed by atoms with Gasteiger partial charge in [0.2, 0.25) is 0 Å². The molecule has 2 aromatic carbocycles. The molecule has 0 saturated carbocycles. The minimum Gasteiger partial charge on any atom is -0.496 e. The fourth-order valence-electron chi connectivity index (χ4n) is 2.04. The lowest BCUT2D eigenvalue weighted by atomic mass is 9.97. The maximum Gasteiger partial charge on any atom is 0.122 e. The standard InChI is InChI=1S/C15H17NO/c1-10-4-6-12(7-5-10)15-11(2)14(17-3)9-8-13(15)16/h4-9H,16H2,1-3H3. The van der Waals surface area contributed by atoms with Gasteiger partial charge in [0.15, 0.2) is 0 Å². The monoisotopic (exact) mass is 227 g/mol. The van der Waals surface area contributed by atoms with Gasteiger partial charge in [-0.3, -0.25) is 0 Å². The highest BCUT2D eigenvalue weighted by atomic mass is 16.5. The van der Waals surface area contributed by atoms with E-state index >= 15 is 0 Å². The highest BCUT2D eigenvalue weighted by Crippen LogP contribution is 2.34. The van der Waals surface area contributed by atoms with Crippen molar-refractivity contribution in [1.82, 2.24) is 0 Å². The van der Waals surface area contributed by atoms with Crippen molar-refractivity contribution in [1.29, 1.82) is 0 Å². The molecule has 2 rings (SSSR count). The normalized spacial score (nSPS) is 10.3. The summed E-state index contributed by atoms with van der Waals surface area (Å²) in [6.07, 6.45) is 0. The Morgan fingerprint density at radius 3 is 2.18 bits per heavy atom. The number of nitrogen functional groups attached to an aromatic ring is 1. The van der Waals surface area contributed by atoms with Crippen molar-refractivity contribution in [2.45, 2.75) is 13.8 Å². The molecule has 2 N–H and O–H groups in total. The van der Waals surface area contributed by atoms with E-state index in [9.17, 15) is 0 Å². The lowest BCUT2D eigenvalue weighted by molar-refractivity contribution is 0.412. The van der Waals surface area contributed by atoms with Crippen LogP contribution in [0, 0.1) is 13.8 Å². The first kappa shape index (κ1) is 11.5. The Balaban J connectivity index is 2.61. The molecule has 0 atom stereocenters. The molecular weight excluding hydrogens is 210 g/mol. The smallest absolute Gasteiger partial charge is 0.122 e. The zero-order chi connectivity index (χ0) is 12.4. The van der Waals surface area contributed by atoms with E-state index in [1.54, 1.807) is 7.11 Å². The van der Waals surface area contributed by atoms with Gasteiger partial charge < -0.3 is 10.5 Å². The zero-order valence-corrected chi connectivity index (χ0v) is 10.4. The van der Waals surface area contributed by atoms with E-state index in [-0.39, 0.29) is 0 Å². The zero-order valence-electron chi connectivity index (χ0n) is 10.4. The van der Waals surface area contributed by atoms with Gasteiger partial charge in [-0.1, -0.05) is 29.8 Å². The third-order valence-electron chi connectivity index (χ3n) is 3.01. The van der Waals surface area contributed by atoms with E-state index < -0.39 is 0 Å². The molecule has 2 nitrogen and oxygen atoms in total. The molecule has 0 bridgehead atoms. The van der Waals surface area contributed by atoms with E-state index in [0.29, 0.717) is 0 Å². The number of hydrogen-bond acceptors (Lipinski definition) is 2. The maximum absolute atomic E-state index is 6.06. The summed E-state index contributed by atoms with van der Waals surface area (Å²) in [6, 6.07) is 12.2. The lowest BCUT2D eigenvalue weighted by Gasteiger charge is -2.13. The number of rotatable bonds is 2. The Bertz CT molecular complexity index is 529. The second-order valence-corrected chi connectivity index (χ2v) is 4.22. The van der Waals surface area contributed by atoms with E-state index in [0.717, 1.165) is 28.1 Å². The third-order valence-corrected chi connectivity index (χ3v) is 3.01. The van der Waals surface area contributed by atoms with E-state index in [4.69, 9.17) is 10.5 Å². The highest BCUT2D eigenvalue weighted by Gasteiger charge is 2.10. The van der Waals surface area contributed by atoms with Crippen molar-refractivity contribution in [3.8, 4) is 16.9 Å². The van der Waals surface area contributed by atoms with Crippen LogP contribution >= 0.6 is 0 Å². The molecule has 0 amide bonds. The lowest BCUT2D eigenvalue weighted by Crippen LogP contribution is -1.96. The molecular formula is C15H17NO. The van der Waals surface area contributed by atoms with Crippen LogP contribution in [-0.2, 0) is 0 Å². The quantitative estimate of drug-likeness (QED) is 0.796. The van der Waals surface area contributed by atoms with Crippen molar-refractivity contribution in [3.63, 3.8) is 0 Å². The number of ether oxygens (including phenoxy) is 1. The van der Waals surface area contributed by atoms with Crippen molar-refractivity contribution in [2.75, 3.05) is 12.8 Å². The number of hydrogen-bond donors (Lipinski definition) is 1. The van der Waals surface area contributed by atoms with Crippen LogP contribution in [0.4, 0.5) is 5.69 Å². The molecule has 0 aliphatic carbocycles. The van der Waals surface area contributed by atoms with Crippen LogP contribution in [0.3, 0.4) is 0 Å². The summed E-state index contributed by atoms with van der Waals surface area (Å²) in [5, 5.41) is 0. The first-order valence-corrected chi connectivity index (χ1v) is 5.63. The molecule has 0 unspecified atom stereocenters. The van der Waals surface area contributed by atoms with E-state index in [1.165, 1.54) is 5.56 Å². The fourth-order valence-corrected chi connectivity index (χ4v) is 2.04. The molecule has 0 fully saturated rings. The molecule has 2 heteroatoms. The van der Waals surface area contributed by atoms with Crippen LogP contribution in [0.1, 0.15) is 11.1 Å². The van der Waals surface area contributed by atoms with Gasteiger partial charge in [-0.05, 0) is 31.5 Å². The van der Waals surface area contributed by atoms with Gasteiger partial charge >= 0.3 is 0 Å². The Morgan fingerprint density at radius 2 is 1.59 bits per heavy atom. The van der Waals surface area contributed by atoms with Crippen molar-refractivity contribution in [2.24, 2.45) is 0 Å². The molecule has 2 aromatic rings. The number of anilines is 1. The Hall–Kier alpha value is -1.96. The molecule has 0 aliphatic heterocycles. The minimum atomic E-state index is 0.784. The summed E-state index contributed by atoms with van der Waals surface area (Å²) in [6.45, 7) is 4.11. The second-order valence-electron chi connectivity index (χ2n) is 4.22. The van der Waals surface area contributed by atoms with E-state index in [2.05, 4.69) is 31.2 Å². The molecule has 0 radical (unpaired) electrons. The average Bonchev–Trinajstić information content (AvgIpc) is 2.32. The van der Waals surface area contributed by atoms with Gasteiger partial charge in [-0.15, -0.1) is 0 Å². The van der Waals surface area contributed by atoms with Crippen molar-refractivity contribution >= 4 is 5.69 Å². The fraction of sp³-hybridized carbons (Fsp3) is 0.200. The third kappa shape index (κ3) is 2.11. The van der Waals surface area contributed by atoms with Crippen molar-refractivity contribution < 1.29 is 4.74 Å². The van der Waals surface area contributed by atoms with Crippen LogP contribution in [0.5, 0.6) is 5.75 Å². The van der Waals surface area contributed by atoms with Crippen LogP contribution in [0.25, 0.3) is 11.1 Å². The summed E-state index contributed by atoms with van der Waals surface area (Å²) < 4.78 is 5.33. The highest BCUT2D eigenvalue weighted by molar-refractivity contribution is 5.81. The van der Waals surface area contributed by atoms with Crippen LogP contribution in [0.15, 0.2) is 36.4 Å². The van der Waals surface area contributed by atoms with Gasteiger partial charge in [0.25, 0.3) is 0 Å². The molecule has 0 heterocycles. The Kier molecular flexibility index (Phi) is 3.05. The first-order valence-electron chi connectivity index (χ1n) is 5.63. The number of methoxy groups -OCH3 is 1. The summed E-state index contributed by atoms with van der Waals surface area (Å²) in [5.74, 6) is 0.870. The molecule has 0 aliphatic rings. The Labute approximate surface area is 102 Å². The average molecular weight is 227 g/mol. The molecule has 88 valence electrons. The van der Waals surface area contributed by atoms with Gasteiger partial charge in [0, 0.05) is 16.8 Å². The minimum absolute atomic E-state index is 0.784. The van der Waals surface area contributed by atoms with Crippen LogP contribution in [-0.4, -0.2) is 7.11 Å². The molecule has 17 heavy (non-hydrogen) atoms. The van der Waals surface area contributed by atoms with Gasteiger partial charge in [-0.2, -0.15) is 0 Å². The predicted molar refractivity (Wildman–Crippen MR) is 72.3 cm³/mol.